The summed E-state index contributed by atoms with van der Waals surface area (Å²) in [6.07, 6.45) is -1.13. The summed E-state index contributed by atoms with van der Waals surface area (Å²) in [6.45, 7) is 1.72. The van der Waals surface area contributed by atoms with Gasteiger partial charge in [-0.25, -0.2) is 8.42 Å². The van der Waals surface area contributed by atoms with Crippen molar-refractivity contribution in [2.75, 3.05) is 12.3 Å². The summed E-state index contributed by atoms with van der Waals surface area (Å²) in [6, 6.07) is 11.3. The van der Waals surface area contributed by atoms with E-state index in [4.69, 9.17) is 4.42 Å². The molecule has 2 aromatic rings. The van der Waals surface area contributed by atoms with Crippen LogP contribution in [0.4, 0.5) is 0 Å². The Morgan fingerprint density at radius 1 is 1.22 bits per heavy atom. The van der Waals surface area contributed by atoms with Gasteiger partial charge >= 0.3 is 0 Å². The SMILES string of the molecule is Cc1ccc(C(O)CNC(=O)CCS(=O)(=O)c2ccccc2)o1. The van der Waals surface area contributed by atoms with Crippen molar-refractivity contribution in [2.45, 2.75) is 24.3 Å². The number of sulfone groups is 1. The van der Waals surface area contributed by atoms with Gasteiger partial charge in [-0.05, 0) is 31.2 Å². The number of benzene rings is 1. The third-order valence-electron chi connectivity index (χ3n) is 3.28. The van der Waals surface area contributed by atoms with E-state index in [1.807, 2.05) is 0 Å². The highest BCUT2D eigenvalue weighted by atomic mass is 32.2. The van der Waals surface area contributed by atoms with Gasteiger partial charge in [0.25, 0.3) is 0 Å². The van der Waals surface area contributed by atoms with Crippen LogP contribution in [-0.4, -0.2) is 31.7 Å². The van der Waals surface area contributed by atoms with Gasteiger partial charge in [0.1, 0.15) is 17.6 Å². The molecule has 2 N–H and O–H groups in total. The Morgan fingerprint density at radius 3 is 2.52 bits per heavy atom. The van der Waals surface area contributed by atoms with Crippen molar-refractivity contribution in [1.29, 1.82) is 0 Å². The largest absolute Gasteiger partial charge is 0.464 e. The number of carbonyl (C=O) groups excluding carboxylic acids is 1. The second-order valence-electron chi connectivity index (χ2n) is 5.15. The van der Waals surface area contributed by atoms with Crippen molar-refractivity contribution in [2.24, 2.45) is 0 Å². The minimum atomic E-state index is -3.48. The zero-order valence-corrected chi connectivity index (χ0v) is 13.5. The average molecular weight is 337 g/mol. The standard InChI is InChI=1S/C16H19NO5S/c1-12-7-8-15(22-12)14(18)11-17-16(19)9-10-23(20,21)13-5-3-2-4-6-13/h2-8,14,18H,9-11H2,1H3,(H,17,19). The number of nitrogens with one attached hydrogen (secondary N) is 1. The van der Waals surface area contributed by atoms with Gasteiger partial charge in [0, 0.05) is 6.42 Å². The molecule has 23 heavy (non-hydrogen) atoms. The topological polar surface area (TPSA) is 96.6 Å². The molecule has 1 amide bonds. The minimum Gasteiger partial charge on any atom is -0.464 e. The van der Waals surface area contributed by atoms with Crippen LogP contribution in [0.1, 0.15) is 24.0 Å². The fourth-order valence-electron chi connectivity index (χ4n) is 2.00. The average Bonchev–Trinajstić information content (AvgIpc) is 2.98. The predicted molar refractivity (Wildman–Crippen MR) is 84.5 cm³/mol. The minimum absolute atomic E-state index is 0.0306. The number of carbonyl (C=O) groups is 1. The molecule has 0 aliphatic rings. The van der Waals surface area contributed by atoms with Crippen molar-refractivity contribution in [3.05, 3.63) is 54.0 Å². The van der Waals surface area contributed by atoms with Crippen LogP contribution in [-0.2, 0) is 14.6 Å². The van der Waals surface area contributed by atoms with Crippen LogP contribution in [0, 0.1) is 6.92 Å². The second-order valence-corrected chi connectivity index (χ2v) is 7.26. The van der Waals surface area contributed by atoms with Crippen LogP contribution in [0.25, 0.3) is 0 Å². The molecule has 0 bridgehead atoms. The summed E-state index contributed by atoms with van der Waals surface area (Å²) < 4.78 is 29.4. The number of amides is 1. The first-order valence-corrected chi connectivity index (χ1v) is 8.82. The Morgan fingerprint density at radius 2 is 1.91 bits per heavy atom. The molecule has 2 rings (SSSR count). The van der Waals surface area contributed by atoms with Gasteiger partial charge in [-0.3, -0.25) is 4.79 Å². The molecular formula is C16H19NO5S. The summed E-state index contributed by atoms with van der Waals surface area (Å²) >= 11 is 0. The summed E-state index contributed by atoms with van der Waals surface area (Å²) in [4.78, 5) is 11.9. The smallest absolute Gasteiger partial charge is 0.221 e. The molecule has 1 unspecified atom stereocenters. The summed E-state index contributed by atoms with van der Waals surface area (Å²) in [5.41, 5.74) is 0. The van der Waals surface area contributed by atoms with Gasteiger partial charge in [0.15, 0.2) is 9.84 Å². The van der Waals surface area contributed by atoms with Gasteiger partial charge < -0.3 is 14.8 Å². The molecule has 0 fully saturated rings. The van der Waals surface area contributed by atoms with E-state index in [1.54, 1.807) is 37.3 Å². The number of rotatable bonds is 7. The van der Waals surface area contributed by atoms with Crippen LogP contribution in [0.2, 0.25) is 0 Å². The van der Waals surface area contributed by atoms with E-state index in [-0.39, 0.29) is 23.6 Å². The van der Waals surface area contributed by atoms with Crippen LogP contribution >= 0.6 is 0 Å². The highest BCUT2D eigenvalue weighted by Crippen LogP contribution is 2.15. The molecule has 124 valence electrons. The summed E-state index contributed by atoms with van der Waals surface area (Å²) in [5, 5.41) is 12.4. The summed E-state index contributed by atoms with van der Waals surface area (Å²) in [5.74, 6) is 0.310. The molecule has 0 saturated carbocycles. The molecule has 0 aliphatic carbocycles. The third-order valence-corrected chi connectivity index (χ3v) is 5.01. The van der Waals surface area contributed by atoms with E-state index < -0.39 is 21.8 Å². The molecule has 1 heterocycles. The number of aryl methyl sites for hydroxylation is 1. The quantitative estimate of drug-likeness (QED) is 0.800. The van der Waals surface area contributed by atoms with Gasteiger partial charge in [-0.2, -0.15) is 0 Å². The van der Waals surface area contributed by atoms with Crippen molar-refractivity contribution in [1.82, 2.24) is 5.32 Å². The number of aliphatic hydroxyl groups is 1. The van der Waals surface area contributed by atoms with Crippen LogP contribution in [0.5, 0.6) is 0 Å². The first-order valence-electron chi connectivity index (χ1n) is 7.17. The van der Waals surface area contributed by atoms with E-state index in [9.17, 15) is 18.3 Å². The Hall–Kier alpha value is -2.12. The Bertz CT molecular complexity index is 752. The fourth-order valence-corrected chi connectivity index (χ4v) is 3.27. The molecule has 0 spiro atoms. The third kappa shape index (κ3) is 4.94. The first kappa shape index (κ1) is 17.2. The molecule has 0 aliphatic heterocycles. The molecule has 1 aromatic heterocycles. The zero-order valence-electron chi connectivity index (χ0n) is 12.7. The molecule has 0 saturated heterocycles. The molecule has 1 aromatic carbocycles. The highest BCUT2D eigenvalue weighted by molar-refractivity contribution is 7.91. The molecule has 1 atom stereocenters. The van der Waals surface area contributed by atoms with Gasteiger partial charge in [0.05, 0.1) is 17.2 Å². The van der Waals surface area contributed by atoms with E-state index in [0.29, 0.717) is 11.5 Å². The second kappa shape index (κ2) is 7.43. The van der Waals surface area contributed by atoms with E-state index in [0.717, 1.165) is 0 Å². The normalized spacial score (nSPS) is 12.8. The Labute approximate surface area is 135 Å². The lowest BCUT2D eigenvalue weighted by molar-refractivity contribution is -0.121. The lowest BCUT2D eigenvalue weighted by Gasteiger charge is -2.10. The Balaban J connectivity index is 1.81. The number of hydrogen-bond acceptors (Lipinski definition) is 5. The monoisotopic (exact) mass is 337 g/mol. The highest BCUT2D eigenvalue weighted by Gasteiger charge is 2.17. The maximum atomic E-state index is 12.1. The fraction of sp³-hybridized carbons (Fsp3) is 0.312. The van der Waals surface area contributed by atoms with E-state index >= 15 is 0 Å². The van der Waals surface area contributed by atoms with Gasteiger partial charge in [0.2, 0.25) is 5.91 Å². The lowest BCUT2D eigenvalue weighted by atomic mass is 10.2. The van der Waals surface area contributed by atoms with Gasteiger partial charge in [-0.15, -0.1) is 0 Å². The van der Waals surface area contributed by atoms with E-state index in [1.165, 1.54) is 12.1 Å². The van der Waals surface area contributed by atoms with Crippen molar-refractivity contribution in [3.63, 3.8) is 0 Å². The maximum Gasteiger partial charge on any atom is 0.221 e. The first-order chi connectivity index (χ1) is 10.9. The van der Waals surface area contributed by atoms with Gasteiger partial charge in [-0.1, -0.05) is 18.2 Å². The van der Waals surface area contributed by atoms with Crippen LogP contribution < -0.4 is 5.32 Å². The molecule has 0 radical (unpaired) electrons. The van der Waals surface area contributed by atoms with E-state index in [2.05, 4.69) is 5.32 Å². The number of furan rings is 1. The molecule has 6 nitrogen and oxygen atoms in total. The van der Waals surface area contributed by atoms with Crippen LogP contribution in [0.3, 0.4) is 0 Å². The zero-order chi connectivity index (χ0) is 16.9. The van der Waals surface area contributed by atoms with Crippen molar-refractivity contribution < 1.29 is 22.7 Å². The molecular weight excluding hydrogens is 318 g/mol. The lowest BCUT2D eigenvalue weighted by Crippen LogP contribution is -2.29. The maximum absolute atomic E-state index is 12.1. The predicted octanol–water partition coefficient (Wildman–Crippen LogP) is 1.60. The Kier molecular flexibility index (Phi) is 5.57. The van der Waals surface area contributed by atoms with Crippen molar-refractivity contribution >= 4 is 15.7 Å². The molecule has 7 heteroatoms. The number of hydrogen-bond donors (Lipinski definition) is 2. The summed E-state index contributed by atoms with van der Waals surface area (Å²) in [7, 11) is -3.48. The van der Waals surface area contributed by atoms with Crippen molar-refractivity contribution in [3.8, 4) is 0 Å². The number of aliphatic hydroxyl groups excluding tert-OH is 1. The van der Waals surface area contributed by atoms with Crippen LogP contribution in [0.15, 0.2) is 51.8 Å².